The molecule has 0 aromatic heterocycles. The number of Topliss-reactive ketones (excluding diaryl/α,β-unsaturated/α-hetero) is 1. The number of carbonyl (C=O) groups excluding carboxylic acids is 1. The van der Waals surface area contributed by atoms with E-state index < -0.39 is 0 Å². The van der Waals surface area contributed by atoms with Crippen molar-refractivity contribution in [3.63, 3.8) is 0 Å². The van der Waals surface area contributed by atoms with Crippen molar-refractivity contribution in [3.05, 3.63) is 41.5 Å². The van der Waals surface area contributed by atoms with Gasteiger partial charge in [0.1, 0.15) is 0 Å². The molecule has 0 radical (unpaired) electrons. The number of ketones is 1. The largest absolute Gasteiger partial charge is 0.380 e. The summed E-state index contributed by atoms with van der Waals surface area (Å²) in [6.07, 6.45) is 3.84. The van der Waals surface area contributed by atoms with E-state index >= 15 is 0 Å². The molecule has 0 atom stereocenters. The Hall–Kier alpha value is -1.61. The van der Waals surface area contributed by atoms with Crippen molar-refractivity contribution < 1.29 is 9.53 Å². The summed E-state index contributed by atoms with van der Waals surface area (Å²) in [5.41, 5.74) is 3.36. The van der Waals surface area contributed by atoms with Gasteiger partial charge in [-0.2, -0.15) is 0 Å². The number of ether oxygens (including phenoxy) is 1. The zero-order valence-corrected chi connectivity index (χ0v) is 11.7. The highest BCUT2D eigenvalue weighted by Crippen LogP contribution is 2.20. The molecule has 1 aromatic rings. The Morgan fingerprint density at radius 3 is 2.58 bits per heavy atom. The standard InChI is InChI=1S/C16H21NO2/c1-3-16(18)14-4-6-15(7-5-14)17-10-8-13(9-11-17)12-19-2/h4-8H,3,9-12H2,1-2H3. The van der Waals surface area contributed by atoms with Gasteiger partial charge in [-0.05, 0) is 36.3 Å². The minimum Gasteiger partial charge on any atom is -0.380 e. The fourth-order valence-corrected chi connectivity index (χ4v) is 2.32. The fourth-order valence-electron chi connectivity index (χ4n) is 2.32. The van der Waals surface area contributed by atoms with Crippen molar-refractivity contribution in [3.8, 4) is 0 Å². The molecule has 1 heterocycles. The second kappa shape index (κ2) is 6.53. The van der Waals surface area contributed by atoms with Gasteiger partial charge < -0.3 is 9.64 Å². The first kappa shape index (κ1) is 13.8. The topological polar surface area (TPSA) is 29.5 Å². The van der Waals surface area contributed by atoms with Crippen molar-refractivity contribution in [2.24, 2.45) is 0 Å². The van der Waals surface area contributed by atoms with Crippen LogP contribution >= 0.6 is 0 Å². The van der Waals surface area contributed by atoms with Crippen LogP contribution in [0.2, 0.25) is 0 Å². The monoisotopic (exact) mass is 259 g/mol. The van der Waals surface area contributed by atoms with E-state index in [4.69, 9.17) is 4.74 Å². The van der Waals surface area contributed by atoms with Crippen LogP contribution in [0.15, 0.2) is 35.9 Å². The Kier molecular flexibility index (Phi) is 4.74. The van der Waals surface area contributed by atoms with E-state index in [2.05, 4.69) is 11.0 Å². The lowest BCUT2D eigenvalue weighted by Crippen LogP contribution is -2.29. The normalized spacial score (nSPS) is 15.3. The van der Waals surface area contributed by atoms with Gasteiger partial charge in [0.15, 0.2) is 5.78 Å². The first-order valence-electron chi connectivity index (χ1n) is 6.79. The predicted octanol–water partition coefficient (Wildman–Crippen LogP) is 3.06. The van der Waals surface area contributed by atoms with Crippen LogP contribution in [0.3, 0.4) is 0 Å². The number of rotatable bonds is 5. The molecule has 19 heavy (non-hydrogen) atoms. The Balaban J connectivity index is 2.02. The highest BCUT2D eigenvalue weighted by Gasteiger charge is 2.12. The van der Waals surface area contributed by atoms with Crippen LogP contribution in [0.4, 0.5) is 5.69 Å². The first-order chi connectivity index (χ1) is 9.24. The van der Waals surface area contributed by atoms with Crippen LogP contribution in [-0.2, 0) is 4.74 Å². The van der Waals surface area contributed by atoms with Crippen LogP contribution in [0.5, 0.6) is 0 Å². The molecule has 3 heteroatoms. The zero-order valence-electron chi connectivity index (χ0n) is 11.7. The van der Waals surface area contributed by atoms with Crippen molar-refractivity contribution in [1.82, 2.24) is 0 Å². The third-order valence-corrected chi connectivity index (χ3v) is 3.51. The average Bonchev–Trinajstić information content (AvgIpc) is 2.48. The second-order valence-electron chi connectivity index (χ2n) is 4.82. The molecule has 102 valence electrons. The maximum atomic E-state index is 11.6. The SMILES string of the molecule is CCC(=O)c1ccc(N2CC=C(COC)CC2)cc1. The lowest BCUT2D eigenvalue weighted by atomic mass is 10.1. The molecular weight excluding hydrogens is 238 g/mol. The highest BCUT2D eigenvalue weighted by molar-refractivity contribution is 5.96. The van der Waals surface area contributed by atoms with Crippen molar-refractivity contribution in [2.75, 3.05) is 31.7 Å². The summed E-state index contributed by atoms with van der Waals surface area (Å²) in [6.45, 7) is 4.55. The maximum absolute atomic E-state index is 11.6. The minimum absolute atomic E-state index is 0.201. The van der Waals surface area contributed by atoms with Gasteiger partial charge in [-0.1, -0.05) is 13.0 Å². The minimum atomic E-state index is 0.201. The summed E-state index contributed by atoms with van der Waals surface area (Å²) in [5.74, 6) is 0.201. The summed E-state index contributed by atoms with van der Waals surface area (Å²) in [7, 11) is 1.73. The number of benzene rings is 1. The van der Waals surface area contributed by atoms with Gasteiger partial charge in [0.2, 0.25) is 0 Å². The molecule has 0 fully saturated rings. The fraction of sp³-hybridized carbons (Fsp3) is 0.438. The molecule has 0 unspecified atom stereocenters. The van der Waals surface area contributed by atoms with Crippen LogP contribution in [0, 0.1) is 0 Å². The number of hydrogen-bond donors (Lipinski definition) is 0. The Bertz CT molecular complexity index is 462. The molecule has 2 rings (SSSR count). The Morgan fingerprint density at radius 1 is 1.32 bits per heavy atom. The zero-order chi connectivity index (χ0) is 13.7. The smallest absolute Gasteiger partial charge is 0.162 e. The van der Waals surface area contributed by atoms with E-state index in [1.54, 1.807) is 7.11 Å². The third-order valence-electron chi connectivity index (χ3n) is 3.51. The van der Waals surface area contributed by atoms with Crippen molar-refractivity contribution in [1.29, 1.82) is 0 Å². The third kappa shape index (κ3) is 3.44. The van der Waals surface area contributed by atoms with Gasteiger partial charge in [0.05, 0.1) is 6.61 Å². The van der Waals surface area contributed by atoms with Crippen LogP contribution in [0.25, 0.3) is 0 Å². The molecule has 0 saturated carbocycles. The van der Waals surface area contributed by atoms with Crippen molar-refractivity contribution in [2.45, 2.75) is 19.8 Å². The summed E-state index contributed by atoms with van der Waals surface area (Å²) in [6, 6.07) is 7.93. The maximum Gasteiger partial charge on any atom is 0.162 e. The van der Waals surface area contributed by atoms with Crippen LogP contribution in [-0.4, -0.2) is 32.6 Å². The van der Waals surface area contributed by atoms with E-state index in [1.165, 1.54) is 11.3 Å². The predicted molar refractivity (Wildman–Crippen MR) is 77.9 cm³/mol. The summed E-state index contributed by atoms with van der Waals surface area (Å²) in [5, 5.41) is 0. The Morgan fingerprint density at radius 2 is 2.05 bits per heavy atom. The van der Waals surface area contributed by atoms with E-state index in [9.17, 15) is 4.79 Å². The molecule has 0 aliphatic carbocycles. The summed E-state index contributed by atoms with van der Waals surface area (Å²) in [4.78, 5) is 13.9. The van der Waals surface area contributed by atoms with Crippen LogP contribution < -0.4 is 4.90 Å². The number of anilines is 1. The van der Waals surface area contributed by atoms with Gasteiger partial charge in [-0.25, -0.2) is 0 Å². The average molecular weight is 259 g/mol. The lowest BCUT2D eigenvalue weighted by molar-refractivity contribution is 0.0988. The van der Waals surface area contributed by atoms with E-state index in [-0.39, 0.29) is 5.78 Å². The molecule has 0 N–H and O–H groups in total. The summed E-state index contributed by atoms with van der Waals surface area (Å²) >= 11 is 0. The van der Waals surface area contributed by atoms with Crippen LogP contribution in [0.1, 0.15) is 30.1 Å². The quantitative estimate of drug-likeness (QED) is 0.601. The van der Waals surface area contributed by atoms with Gasteiger partial charge in [0, 0.05) is 37.9 Å². The molecular formula is C16H21NO2. The molecule has 0 saturated heterocycles. The molecule has 1 aliphatic heterocycles. The van der Waals surface area contributed by atoms with Gasteiger partial charge in [0.25, 0.3) is 0 Å². The number of methoxy groups -OCH3 is 1. The van der Waals surface area contributed by atoms with E-state index in [0.717, 1.165) is 31.7 Å². The number of nitrogens with zero attached hydrogens (tertiary/aromatic N) is 1. The Labute approximate surface area is 114 Å². The molecule has 1 aromatic carbocycles. The number of carbonyl (C=O) groups is 1. The molecule has 0 bridgehead atoms. The molecule has 3 nitrogen and oxygen atoms in total. The molecule has 0 amide bonds. The van der Waals surface area contributed by atoms with E-state index in [0.29, 0.717) is 6.42 Å². The molecule has 1 aliphatic rings. The van der Waals surface area contributed by atoms with Gasteiger partial charge in [-0.3, -0.25) is 4.79 Å². The first-order valence-corrected chi connectivity index (χ1v) is 6.79. The second-order valence-corrected chi connectivity index (χ2v) is 4.82. The highest BCUT2D eigenvalue weighted by atomic mass is 16.5. The van der Waals surface area contributed by atoms with Crippen molar-refractivity contribution >= 4 is 11.5 Å². The van der Waals surface area contributed by atoms with E-state index in [1.807, 2.05) is 31.2 Å². The lowest BCUT2D eigenvalue weighted by Gasteiger charge is -2.28. The molecule has 0 spiro atoms. The van der Waals surface area contributed by atoms with Gasteiger partial charge in [-0.15, -0.1) is 0 Å². The van der Waals surface area contributed by atoms with Gasteiger partial charge >= 0.3 is 0 Å². The summed E-state index contributed by atoms with van der Waals surface area (Å²) < 4.78 is 5.15. The number of hydrogen-bond acceptors (Lipinski definition) is 3.